The van der Waals surface area contributed by atoms with Gasteiger partial charge in [-0.2, -0.15) is 0 Å². The van der Waals surface area contributed by atoms with E-state index in [9.17, 15) is 22.4 Å². The maximum Gasteiger partial charge on any atom is 0.573 e. The summed E-state index contributed by atoms with van der Waals surface area (Å²) in [7, 11) is 0. The van der Waals surface area contributed by atoms with Gasteiger partial charge in [0.2, 0.25) is 0 Å². The summed E-state index contributed by atoms with van der Waals surface area (Å²) in [5.74, 6) is 0.396. The predicted molar refractivity (Wildman–Crippen MR) is 122 cm³/mol. The van der Waals surface area contributed by atoms with Crippen LogP contribution in [-0.2, 0) is 13.1 Å². The number of amides is 1. The molecule has 1 aliphatic carbocycles. The molecule has 2 aromatic carbocycles. The fraction of sp³-hybridized carbons (Fsp3) is 0.360. The van der Waals surface area contributed by atoms with Gasteiger partial charge < -0.3 is 9.64 Å². The van der Waals surface area contributed by atoms with Gasteiger partial charge in [-0.25, -0.2) is 9.37 Å². The molecule has 2 fully saturated rings. The van der Waals surface area contributed by atoms with Crippen LogP contribution in [-0.4, -0.2) is 46.7 Å². The van der Waals surface area contributed by atoms with Crippen molar-refractivity contribution < 1.29 is 27.1 Å². The molecule has 0 radical (unpaired) electrons. The Morgan fingerprint density at radius 3 is 2.54 bits per heavy atom. The predicted octanol–water partition coefficient (Wildman–Crippen LogP) is 5.20. The van der Waals surface area contributed by atoms with E-state index in [4.69, 9.17) is 0 Å². The van der Waals surface area contributed by atoms with E-state index in [1.807, 2.05) is 6.07 Å². The third-order valence-corrected chi connectivity index (χ3v) is 7.20. The van der Waals surface area contributed by atoms with Gasteiger partial charge in [0, 0.05) is 38.1 Å². The van der Waals surface area contributed by atoms with Crippen LogP contribution in [0.5, 0.6) is 5.75 Å². The van der Waals surface area contributed by atoms with Gasteiger partial charge in [0.05, 0.1) is 5.51 Å². The van der Waals surface area contributed by atoms with Gasteiger partial charge in [-0.15, -0.1) is 24.5 Å². The summed E-state index contributed by atoms with van der Waals surface area (Å²) in [6, 6.07) is 12.3. The van der Waals surface area contributed by atoms with Crippen LogP contribution >= 0.6 is 11.3 Å². The fourth-order valence-electron chi connectivity index (χ4n) is 5.05. The van der Waals surface area contributed by atoms with E-state index in [1.165, 1.54) is 35.6 Å². The molecule has 1 saturated carbocycles. The van der Waals surface area contributed by atoms with E-state index in [2.05, 4.69) is 14.6 Å². The number of piperidine rings is 1. The lowest BCUT2D eigenvalue weighted by atomic mass is 10.1. The molecule has 1 amide bonds. The van der Waals surface area contributed by atoms with Crippen molar-refractivity contribution in [2.75, 3.05) is 19.6 Å². The van der Waals surface area contributed by atoms with Crippen molar-refractivity contribution in [2.45, 2.75) is 19.5 Å². The summed E-state index contributed by atoms with van der Waals surface area (Å²) in [6.45, 7) is 3.10. The van der Waals surface area contributed by atoms with Crippen LogP contribution in [0, 0.1) is 23.6 Å². The average Bonchev–Trinajstić information content (AvgIpc) is 3.19. The highest BCUT2D eigenvalue weighted by Crippen LogP contribution is 2.52. The first-order valence-electron chi connectivity index (χ1n) is 11.2. The van der Waals surface area contributed by atoms with Crippen molar-refractivity contribution in [3.05, 3.63) is 82.1 Å². The number of ether oxygens (including phenoxy) is 1. The number of carbonyl (C=O) groups excluding carboxylic acids is 1. The lowest BCUT2D eigenvalue weighted by molar-refractivity contribution is -0.274. The molecule has 5 nitrogen and oxygen atoms in total. The maximum absolute atomic E-state index is 13.5. The topological polar surface area (TPSA) is 45.7 Å². The number of thiazole rings is 1. The molecule has 2 atom stereocenters. The molecule has 0 bridgehead atoms. The molecule has 2 heterocycles. The zero-order valence-corrected chi connectivity index (χ0v) is 19.4. The van der Waals surface area contributed by atoms with Gasteiger partial charge in [0.15, 0.2) is 0 Å². The Morgan fingerprint density at radius 2 is 1.86 bits per heavy atom. The quantitative estimate of drug-likeness (QED) is 0.395. The number of rotatable bonds is 8. The van der Waals surface area contributed by atoms with E-state index in [0.717, 1.165) is 18.7 Å². The Labute approximate surface area is 204 Å². The number of hydrogen-bond acceptors (Lipinski definition) is 5. The molecule has 2 aliphatic rings. The monoisotopic (exact) mass is 505 g/mol. The summed E-state index contributed by atoms with van der Waals surface area (Å²) < 4.78 is 55.4. The summed E-state index contributed by atoms with van der Waals surface area (Å²) in [6.07, 6.45) is -4.78. The van der Waals surface area contributed by atoms with Crippen LogP contribution in [0.25, 0.3) is 0 Å². The SMILES string of the molecule is O=C(c1cscn1)N(Cc1cccc(OC(F)(F)F)c1)CC1C2CN(Cc3cccc(F)c3)CC21. The Balaban J connectivity index is 1.24. The molecule has 5 rings (SSSR count). The molecule has 3 aromatic rings. The Kier molecular flexibility index (Phi) is 6.50. The Hall–Kier alpha value is -2.98. The molecule has 1 aliphatic heterocycles. The average molecular weight is 506 g/mol. The van der Waals surface area contributed by atoms with Crippen molar-refractivity contribution in [3.63, 3.8) is 0 Å². The number of benzene rings is 2. The number of alkyl halides is 3. The molecular formula is C25H23F4N3O2S. The van der Waals surface area contributed by atoms with E-state index >= 15 is 0 Å². The van der Waals surface area contributed by atoms with Gasteiger partial charge in [0.25, 0.3) is 5.91 Å². The summed E-state index contributed by atoms with van der Waals surface area (Å²) >= 11 is 1.32. The first-order chi connectivity index (χ1) is 16.7. The highest BCUT2D eigenvalue weighted by Gasteiger charge is 2.55. The summed E-state index contributed by atoms with van der Waals surface area (Å²) in [5, 5.41) is 1.67. The van der Waals surface area contributed by atoms with Gasteiger partial charge in [0.1, 0.15) is 17.3 Å². The molecule has 2 unspecified atom stereocenters. The third-order valence-electron chi connectivity index (χ3n) is 6.62. The molecule has 1 aromatic heterocycles. The number of nitrogens with zero attached hydrogens (tertiary/aromatic N) is 3. The molecule has 1 saturated heterocycles. The minimum Gasteiger partial charge on any atom is -0.406 e. The normalized spacial score (nSPS) is 21.5. The van der Waals surface area contributed by atoms with Gasteiger partial charge >= 0.3 is 6.36 Å². The second kappa shape index (κ2) is 9.58. The van der Waals surface area contributed by atoms with Crippen molar-refractivity contribution in [1.29, 1.82) is 0 Å². The second-order valence-corrected chi connectivity index (χ2v) is 9.79. The van der Waals surface area contributed by atoms with E-state index < -0.39 is 6.36 Å². The van der Waals surface area contributed by atoms with Crippen molar-refractivity contribution in [1.82, 2.24) is 14.8 Å². The van der Waals surface area contributed by atoms with Crippen LogP contribution in [0.15, 0.2) is 59.4 Å². The molecule has 0 N–H and O–H groups in total. The molecule has 35 heavy (non-hydrogen) atoms. The zero-order valence-electron chi connectivity index (χ0n) is 18.6. The number of carbonyl (C=O) groups is 1. The largest absolute Gasteiger partial charge is 0.573 e. The van der Waals surface area contributed by atoms with E-state index in [1.54, 1.807) is 34.0 Å². The Bertz CT molecular complexity index is 1180. The van der Waals surface area contributed by atoms with Gasteiger partial charge in [-0.05, 0) is 53.1 Å². The van der Waals surface area contributed by atoms with Crippen molar-refractivity contribution >= 4 is 17.2 Å². The van der Waals surface area contributed by atoms with Gasteiger partial charge in [-0.1, -0.05) is 24.3 Å². The highest BCUT2D eigenvalue weighted by atomic mass is 32.1. The summed E-state index contributed by atoms with van der Waals surface area (Å²) in [4.78, 5) is 21.2. The lowest BCUT2D eigenvalue weighted by Gasteiger charge is -2.25. The maximum atomic E-state index is 13.5. The standard InChI is InChI=1S/C25H23F4N3O2S/c26-18-5-1-3-16(7-18)9-31-11-20-21(12-31)22(20)13-32(24(33)23-14-35-15-30-23)10-17-4-2-6-19(8-17)34-25(27,28)29/h1-8,14-15,20-22H,9-13H2. The smallest absolute Gasteiger partial charge is 0.406 e. The minimum absolute atomic E-state index is 0.161. The number of aromatic nitrogens is 1. The van der Waals surface area contributed by atoms with Crippen LogP contribution in [0.2, 0.25) is 0 Å². The third kappa shape index (κ3) is 5.82. The molecule has 0 spiro atoms. The highest BCUT2D eigenvalue weighted by molar-refractivity contribution is 7.07. The Morgan fingerprint density at radius 1 is 1.11 bits per heavy atom. The van der Waals surface area contributed by atoms with E-state index in [0.29, 0.717) is 42.1 Å². The number of fused-ring (bicyclic) bond motifs is 1. The van der Waals surface area contributed by atoms with Crippen LogP contribution in [0.3, 0.4) is 0 Å². The second-order valence-electron chi connectivity index (χ2n) is 9.07. The minimum atomic E-state index is -4.78. The zero-order chi connectivity index (χ0) is 24.6. The van der Waals surface area contributed by atoms with Crippen LogP contribution in [0.1, 0.15) is 21.6 Å². The molecule has 10 heteroatoms. The molecular weight excluding hydrogens is 482 g/mol. The van der Waals surface area contributed by atoms with Crippen LogP contribution < -0.4 is 4.74 Å². The van der Waals surface area contributed by atoms with Gasteiger partial charge in [-0.3, -0.25) is 9.69 Å². The first kappa shape index (κ1) is 23.7. The first-order valence-corrected chi connectivity index (χ1v) is 12.2. The van der Waals surface area contributed by atoms with Crippen LogP contribution in [0.4, 0.5) is 17.6 Å². The number of halogens is 4. The number of likely N-dealkylation sites (tertiary alicyclic amines) is 1. The fourth-order valence-corrected chi connectivity index (χ4v) is 5.57. The molecule has 184 valence electrons. The van der Waals surface area contributed by atoms with Crippen molar-refractivity contribution in [2.24, 2.45) is 17.8 Å². The summed E-state index contributed by atoms with van der Waals surface area (Å²) in [5.41, 5.74) is 3.40. The van der Waals surface area contributed by atoms with Crippen molar-refractivity contribution in [3.8, 4) is 5.75 Å². The lowest BCUT2D eigenvalue weighted by Crippen LogP contribution is -2.35. The number of hydrogen-bond donors (Lipinski definition) is 0. The van der Waals surface area contributed by atoms with E-state index in [-0.39, 0.29) is 24.0 Å².